The average molecular weight is 413 g/mol. The Kier molecular flexibility index (Phi) is 5.80. The van der Waals surface area contributed by atoms with Crippen molar-refractivity contribution >= 4 is 23.4 Å². The summed E-state index contributed by atoms with van der Waals surface area (Å²) in [6, 6.07) is 25.1. The van der Waals surface area contributed by atoms with Crippen molar-refractivity contribution in [2.75, 3.05) is 4.90 Å². The third-order valence-electron chi connectivity index (χ3n) is 5.36. The lowest BCUT2D eigenvalue weighted by Crippen LogP contribution is -2.45. The molecule has 31 heavy (non-hydrogen) atoms. The highest BCUT2D eigenvalue weighted by molar-refractivity contribution is 6.35. The minimum absolute atomic E-state index is 0.262. The minimum atomic E-state index is -0.898. The first kappa shape index (κ1) is 20.3. The summed E-state index contributed by atoms with van der Waals surface area (Å²) in [7, 11) is 0. The van der Waals surface area contributed by atoms with Crippen molar-refractivity contribution in [3.63, 3.8) is 0 Å². The molecule has 0 saturated heterocycles. The fourth-order valence-corrected chi connectivity index (χ4v) is 3.74. The Balaban J connectivity index is 1.48. The van der Waals surface area contributed by atoms with Gasteiger partial charge in [0.1, 0.15) is 6.04 Å². The molecule has 0 aliphatic carbocycles. The zero-order valence-corrected chi connectivity index (χ0v) is 17.1. The molecule has 0 fully saturated rings. The maximum atomic E-state index is 13.1. The van der Waals surface area contributed by atoms with E-state index in [4.69, 9.17) is 0 Å². The van der Waals surface area contributed by atoms with Crippen LogP contribution in [0.2, 0.25) is 0 Å². The number of fused-ring (bicyclic) bond motifs is 1. The molecule has 2 atom stereocenters. The number of hydrogen-bond donors (Lipinski definition) is 2. The van der Waals surface area contributed by atoms with E-state index in [1.165, 1.54) is 0 Å². The molecule has 0 spiro atoms. The molecule has 1 aliphatic heterocycles. The van der Waals surface area contributed by atoms with Gasteiger partial charge in [0.25, 0.3) is 5.91 Å². The second kappa shape index (κ2) is 8.83. The second-order valence-electron chi connectivity index (χ2n) is 7.48. The van der Waals surface area contributed by atoms with Crippen LogP contribution >= 0.6 is 0 Å². The van der Waals surface area contributed by atoms with Gasteiger partial charge in [-0.05, 0) is 24.1 Å². The predicted octanol–water partition coefficient (Wildman–Crippen LogP) is 3.27. The molecular formula is C25H23N3O3. The zero-order valence-electron chi connectivity index (χ0n) is 17.1. The van der Waals surface area contributed by atoms with Gasteiger partial charge in [-0.2, -0.15) is 0 Å². The van der Waals surface area contributed by atoms with E-state index < -0.39 is 17.9 Å². The largest absolute Gasteiger partial charge is 0.341 e. The van der Waals surface area contributed by atoms with Crippen LogP contribution in [0.5, 0.6) is 0 Å². The van der Waals surface area contributed by atoms with Gasteiger partial charge in [0.2, 0.25) is 0 Å². The Morgan fingerprint density at radius 3 is 2.19 bits per heavy atom. The summed E-state index contributed by atoms with van der Waals surface area (Å²) in [5.74, 6) is -1.87. The molecule has 0 bridgehead atoms. The van der Waals surface area contributed by atoms with Gasteiger partial charge in [0.05, 0.1) is 12.6 Å². The molecule has 3 aromatic carbocycles. The molecule has 0 unspecified atom stereocenters. The molecule has 3 amide bonds. The number of para-hydroxylation sites is 1. The summed E-state index contributed by atoms with van der Waals surface area (Å²) in [6.07, 6.45) is 0. The summed E-state index contributed by atoms with van der Waals surface area (Å²) < 4.78 is 0. The Morgan fingerprint density at radius 2 is 1.48 bits per heavy atom. The zero-order chi connectivity index (χ0) is 21.8. The Labute approximate surface area is 180 Å². The Bertz CT molecular complexity index is 1100. The maximum Gasteiger partial charge on any atom is 0.310 e. The summed E-state index contributed by atoms with van der Waals surface area (Å²) in [5.41, 5.74) is 3.28. The highest BCUT2D eigenvalue weighted by atomic mass is 16.2. The van der Waals surface area contributed by atoms with Crippen LogP contribution in [0, 0.1) is 0 Å². The lowest BCUT2D eigenvalue weighted by molar-refractivity contribution is -0.140. The van der Waals surface area contributed by atoms with Gasteiger partial charge in [0.15, 0.2) is 0 Å². The molecule has 156 valence electrons. The highest BCUT2D eigenvalue weighted by Crippen LogP contribution is 2.36. The summed E-state index contributed by atoms with van der Waals surface area (Å²) >= 11 is 0. The first-order valence-corrected chi connectivity index (χ1v) is 10.1. The molecule has 0 saturated carbocycles. The number of nitrogens with zero attached hydrogens (tertiary/aromatic N) is 1. The fraction of sp³-hybridized carbons (Fsp3) is 0.160. The van der Waals surface area contributed by atoms with Crippen LogP contribution in [0.3, 0.4) is 0 Å². The lowest BCUT2D eigenvalue weighted by Gasteiger charge is -2.19. The molecule has 2 N–H and O–H groups in total. The van der Waals surface area contributed by atoms with Crippen molar-refractivity contribution in [3.05, 3.63) is 102 Å². The van der Waals surface area contributed by atoms with Gasteiger partial charge >= 0.3 is 11.8 Å². The van der Waals surface area contributed by atoms with Gasteiger partial charge in [0, 0.05) is 11.3 Å². The number of anilines is 1. The van der Waals surface area contributed by atoms with E-state index >= 15 is 0 Å². The van der Waals surface area contributed by atoms with Crippen molar-refractivity contribution in [1.82, 2.24) is 10.6 Å². The van der Waals surface area contributed by atoms with Crippen molar-refractivity contribution < 1.29 is 14.4 Å². The maximum absolute atomic E-state index is 13.1. The number of nitrogens with one attached hydrogen (secondary N) is 2. The van der Waals surface area contributed by atoms with Crippen molar-refractivity contribution in [2.24, 2.45) is 0 Å². The Morgan fingerprint density at radius 1 is 0.871 bits per heavy atom. The van der Waals surface area contributed by atoms with E-state index in [2.05, 4.69) is 10.6 Å². The number of carbonyl (C=O) groups excluding carboxylic acids is 3. The van der Waals surface area contributed by atoms with Crippen LogP contribution in [-0.4, -0.2) is 17.7 Å². The minimum Gasteiger partial charge on any atom is -0.341 e. The van der Waals surface area contributed by atoms with E-state index in [1.54, 1.807) is 17.9 Å². The molecule has 1 aliphatic rings. The summed E-state index contributed by atoms with van der Waals surface area (Å²) in [4.78, 5) is 39.8. The van der Waals surface area contributed by atoms with Gasteiger partial charge in [-0.1, -0.05) is 78.9 Å². The van der Waals surface area contributed by atoms with Crippen LogP contribution in [0.4, 0.5) is 5.69 Å². The lowest BCUT2D eigenvalue weighted by atomic mass is 10.1. The quantitative estimate of drug-likeness (QED) is 0.630. The van der Waals surface area contributed by atoms with E-state index in [1.807, 2.05) is 78.9 Å². The van der Waals surface area contributed by atoms with Crippen LogP contribution in [-0.2, 0) is 20.9 Å². The normalized spacial score (nSPS) is 15.8. The van der Waals surface area contributed by atoms with Crippen LogP contribution in [0.1, 0.15) is 35.7 Å². The van der Waals surface area contributed by atoms with E-state index in [9.17, 15) is 14.4 Å². The molecule has 0 radical (unpaired) electrons. The summed E-state index contributed by atoms with van der Waals surface area (Å²) in [5, 5.41) is 5.30. The van der Waals surface area contributed by atoms with Gasteiger partial charge in [-0.25, -0.2) is 0 Å². The molecule has 3 aromatic rings. The van der Waals surface area contributed by atoms with Gasteiger partial charge in [-0.3, -0.25) is 14.4 Å². The number of carbonyl (C=O) groups is 3. The highest BCUT2D eigenvalue weighted by Gasteiger charge is 2.38. The number of amides is 3. The predicted molar refractivity (Wildman–Crippen MR) is 118 cm³/mol. The number of rotatable bonds is 5. The average Bonchev–Trinajstić information content (AvgIpc) is 3.06. The Hall–Kier alpha value is -3.93. The monoisotopic (exact) mass is 413 g/mol. The third-order valence-corrected chi connectivity index (χ3v) is 5.36. The molecular weight excluding hydrogens is 390 g/mol. The van der Waals surface area contributed by atoms with Gasteiger partial charge < -0.3 is 15.5 Å². The van der Waals surface area contributed by atoms with E-state index in [-0.39, 0.29) is 11.9 Å². The second-order valence-corrected chi connectivity index (χ2v) is 7.48. The van der Waals surface area contributed by atoms with Crippen LogP contribution in [0.15, 0.2) is 84.9 Å². The molecule has 6 nitrogen and oxygen atoms in total. The molecule has 4 rings (SSSR count). The number of hydrogen-bond acceptors (Lipinski definition) is 3. The molecule has 1 heterocycles. The summed E-state index contributed by atoms with van der Waals surface area (Å²) in [6.45, 7) is 2.19. The molecule has 6 heteroatoms. The van der Waals surface area contributed by atoms with E-state index in [0.29, 0.717) is 12.1 Å². The topological polar surface area (TPSA) is 78.5 Å². The van der Waals surface area contributed by atoms with Crippen molar-refractivity contribution in [2.45, 2.75) is 25.6 Å². The number of benzene rings is 3. The van der Waals surface area contributed by atoms with Crippen LogP contribution in [0.25, 0.3) is 0 Å². The van der Waals surface area contributed by atoms with Gasteiger partial charge in [-0.15, -0.1) is 0 Å². The SMILES string of the molecule is C[C@@H](NC(=O)C(=O)N[C@@H]1C(=O)N(Cc2ccccc2)c2ccccc21)c1ccccc1. The first-order chi connectivity index (χ1) is 15.0. The van der Waals surface area contributed by atoms with Crippen molar-refractivity contribution in [1.29, 1.82) is 0 Å². The van der Waals surface area contributed by atoms with Crippen molar-refractivity contribution in [3.8, 4) is 0 Å². The first-order valence-electron chi connectivity index (χ1n) is 10.1. The standard InChI is InChI=1S/C25H23N3O3/c1-17(19-12-6-3-7-13-19)26-23(29)24(30)27-22-20-14-8-9-15-21(20)28(25(22)31)16-18-10-4-2-5-11-18/h2-15,17,22H,16H2,1H3,(H,26,29)(H,27,30)/t17-,22+/m1/s1. The molecule has 0 aromatic heterocycles. The third kappa shape index (κ3) is 4.33. The van der Waals surface area contributed by atoms with Crippen LogP contribution < -0.4 is 15.5 Å². The smallest absolute Gasteiger partial charge is 0.310 e. The fourth-order valence-electron chi connectivity index (χ4n) is 3.74. The van der Waals surface area contributed by atoms with E-state index in [0.717, 1.165) is 16.8 Å².